The molecule has 0 saturated carbocycles. The summed E-state index contributed by atoms with van der Waals surface area (Å²) < 4.78 is 8.88. The topological polar surface area (TPSA) is 89.9 Å². The van der Waals surface area contributed by atoms with Gasteiger partial charge in [0.2, 0.25) is 0 Å². The van der Waals surface area contributed by atoms with Gasteiger partial charge in [-0.25, -0.2) is 14.4 Å². The van der Waals surface area contributed by atoms with Crippen LogP contribution in [0.4, 0.5) is 0 Å². The lowest BCUT2D eigenvalue weighted by molar-refractivity contribution is -0.138. The molecule has 1 N–H and O–H groups in total. The molecule has 0 saturated heterocycles. The minimum Gasteiger partial charge on any atom is -0.478 e. The van der Waals surface area contributed by atoms with Crippen LogP contribution in [0.1, 0.15) is 91.9 Å². The van der Waals surface area contributed by atoms with Crippen LogP contribution in [0.2, 0.25) is 0 Å². The molecule has 0 bridgehead atoms. The van der Waals surface area contributed by atoms with Gasteiger partial charge in [-0.3, -0.25) is 0 Å². The highest BCUT2D eigenvalue weighted by atomic mass is 32.1. The third kappa shape index (κ3) is 27.9. The highest BCUT2D eigenvalue weighted by Crippen LogP contribution is 2.10. The molecule has 7 heteroatoms. The van der Waals surface area contributed by atoms with Gasteiger partial charge in [-0.2, -0.15) is 12.6 Å². The van der Waals surface area contributed by atoms with Crippen LogP contribution in [0, 0.1) is 0 Å². The van der Waals surface area contributed by atoms with Gasteiger partial charge >= 0.3 is 17.9 Å². The number of rotatable bonds is 15. The number of carboxylic acids is 1. The smallest absolute Gasteiger partial charge is 0.337 e. The second kappa shape index (κ2) is 26.2. The van der Waals surface area contributed by atoms with Gasteiger partial charge in [0.15, 0.2) is 0 Å². The summed E-state index contributed by atoms with van der Waals surface area (Å²) >= 11 is 4.20. The van der Waals surface area contributed by atoms with Crippen molar-refractivity contribution in [2.75, 3.05) is 19.5 Å². The Morgan fingerprint density at radius 3 is 1.61 bits per heavy atom. The number of carbonyl (C=O) groups excluding carboxylic acids is 2. The Kier molecular flexibility index (Phi) is 28.3. The summed E-state index contributed by atoms with van der Waals surface area (Å²) in [5.41, 5.74) is 0.530. The molecule has 0 fully saturated rings. The molecule has 0 aliphatic heterocycles. The summed E-state index contributed by atoms with van der Waals surface area (Å²) in [5, 5.41) is 8.48. The number of carbonyl (C=O) groups is 3. The number of unbranched alkanes of at least 4 members (excludes halogenated alkanes) is 9. The Labute approximate surface area is 206 Å². The summed E-state index contributed by atoms with van der Waals surface area (Å²) in [4.78, 5) is 31.5. The van der Waals surface area contributed by atoms with Gasteiger partial charge in [-0.1, -0.05) is 77.9 Å². The van der Waals surface area contributed by atoms with Crippen molar-refractivity contribution < 1.29 is 29.0 Å². The van der Waals surface area contributed by atoms with Crippen molar-refractivity contribution in [2.45, 2.75) is 91.9 Å². The third-order valence-corrected chi connectivity index (χ3v) is 4.63. The molecule has 0 heterocycles. The molecule has 0 aromatic carbocycles. The van der Waals surface area contributed by atoms with Crippen LogP contribution in [0.15, 0.2) is 36.0 Å². The molecule has 0 atom stereocenters. The number of thiol groups is 1. The van der Waals surface area contributed by atoms with Crippen LogP contribution in [-0.4, -0.2) is 42.5 Å². The number of carboxylic acid groups (broad SMARTS) is 1. The van der Waals surface area contributed by atoms with E-state index in [2.05, 4.69) is 42.2 Å². The summed E-state index contributed by atoms with van der Waals surface area (Å²) in [6.07, 6.45) is 15.4. The molecule has 0 rings (SSSR count). The first kappa shape index (κ1) is 35.6. The van der Waals surface area contributed by atoms with E-state index < -0.39 is 11.9 Å². The summed E-state index contributed by atoms with van der Waals surface area (Å²) in [5.74, 6) is -0.954. The van der Waals surface area contributed by atoms with Crippen LogP contribution in [-0.2, 0) is 23.9 Å². The zero-order valence-corrected chi connectivity index (χ0v) is 22.3. The van der Waals surface area contributed by atoms with E-state index in [1.54, 1.807) is 13.8 Å². The average Bonchev–Trinajstić information content (AvgIpc) is 2.78. The SMILES string of the molecule is C=C(C)C(=O)OC.C=C(C=C(C)C(=O)O)C(=O)OCC.CCCCCCCCCCCCS. The summed E-state index contributed by atoms with van der Waals surface area (Å²) in [7, 11) is 1.33. The normalized spacial score (nSPS) is 10.1. The fraction of sp³-hybridized carbons (Fsp3) is 0.654. The molecule has 0 spiro atoms. The van der Waals surface area contributed by atoms with Crippen molar-refractivity contribution in [3.63, 3.8) is 0 Å². The van der Waals surface area contributed by atoms with E-state index in [0.29, 0.717) is 5.57 Å². The number of hydrogen-bond donors (Lipinski definition) is 2. The number of esters is 2. The maximum Gasteiger partial charge on any atom is 0.337 e. The predicted octanol–water partition coefficient (Wildman–Crippen LogP) is 6.71. The number of hydrogen-bond acceptors (Lipinski definition) is 6. The van der Waals surface area contributed by atoms with E-state index in [9.17, 15) is 14.4 Å². The van der Waals surface area contributed by atoms with Crippen molar-refractivity contribution in [2.24, 2.45) is 0 Å². The van der Waals surface area contributed by atoms with Crippen LogP contribution in [0.3, 0.4) is 0 Å². The van der Waals surface area contributed by atoms with Gasteiger partial charge in [-0.05, 0) is 39.0 Å². The van der Waals surface area contributed by atoms with Crippen LogP contribution in [0.5, 0.6) is 0 Å². The van der Waals surface area contributed by atoms with Crippen molar-refractivity contribution >= 4 is 30.5 Å². The fourth-order valence-corrected chi connectivity index (χ4v) is 2.60. The molecule has 0 amide bonds. The largest absolute Gasteiger partial charge is 0.478 e. The standard InChI is InChI=1S/C12H26S.C9H12O4.C5H8O2/c1-2-3-4-5-6-7-8-9-10-11-12-13;1-4-13-9(12)7(3)5-6(2)8(10)11;1-4(2)5(6)7-3/h13H,2-12H2,1H3;5H,3-4H2,1-2H3,(H,10,11);1H2,2-3H3. The van der Waals surface area contributed by atoms with Crippen LogP contribution >= 0.6 is 12.6 Å². The monoisotopic (exact) mass is 486 g/mol. The van der Waals surface area contributed by atoms with Crippen molar-refractivity contribution in [3.8, 4) is 0 Å². The second-order valence-corrected chi connectivity index (χ2v) is 8.00. The van der Waals surface area contributed by atoms with Gasteiger partial charge in [0.05, 0.1) is 19.3 Å². The molecule has 0 aromatic rings. The predicted molar refractivity (Wildman–Crippen MR) is 140 cm³/mol. The first-order valence-corrected chi connectivity index (χ1v) is 12.3. The van der Waals surface area contributed by atoms with E-state index in [0.717, 1.165) is 5.75 Å². The Morgan fingerprint density at radius 1 is 0.848 bits per heavy atom. The van der Waals surface area contributed by atoms with E-state index in [4.69, 9.17) is 5.11 Å². The molecule has 0 aromatic heterocycles. The van der Waals surface area contributed by atoms with Crippen molar-refractivity contribution in [1.29, 1.82) is 0 Å². The molecule has 192 valence electrons. The molecule has 0 unspecified atom stereocenters. The van der Waals surface area contributed by atoms with E-state index in [1.165, 1.54) is 84.3 Å². The molecule has 0 aliphatic carbocycles. The first-order valence-electron chi connectivity index (χ1n) is 11.7. The molecule has 0 aliphatic rings. The van der Waals surface area contributed by atoms with Crippen molar-refractivity contribution in [1.82, 2.24) is 0 Å². The van der Waals surface area contributed by atoms with E-state index in [-0.39, 0.29) is 23.7 Å². The fourth-order valence-electron chi connectivity index (χ4n) is 2.38. The van der Waals surface area contributed by atoms with Gasteiger partial charge in [0.25, 0.3) is 0 Å². The minimum atomic E-state index is -1.08. The lowest BCUT2D eigenvalue weighted by Crippen LogP contribution is -2.06. The third-order valence-electron chi connectivity index (χ3n) is 4.31. The molecule has 0 radical (unpaired) electrons. The number of ether oxygens (including phenoxy) is 2. The van der Waals surface area contributed by atoms with Gasteiger partial charge in [0.1, 0.15) is 0 Å². The Morgan fingerprint density at radius 2 is 1.30 bits per heavy atom. The number of methoxy groups -OCH3 is 1. The Balaban J connectivity index is -0.000000429. The van der Waals surface area contributed by atoms with Gasteiger partial charge < -0.3 is 14.6 Å². The summed E-state index contributed by atoms with van der Waals surface area (Å²) in [6.45, 7) is 13.9. The van der Waals surface area contributed by atoms with Gasteiger partial charge in [-0.15, -0.1) is 0 Å². The Hall–Kier alpha value is -2.02. The second-order valence-electron chi connectivity index (χ2n) is 7.56. The lowest BCUT2D eigenvalue weighted by Gasteiger charge is -2.00. The van der Waals surface area contributed by atoms with Crippen LogP contribution in [0.25, 0.3) is 0 Å². The molecular formula is C26H46O6S. The van der Waals surface area contributed by atoms with E-state index >= 15 is 0 Å². The van der Waals surface area contributed by atoms with Crippen molar-refractivity contribution in [3.05, 3.63) is 36.0 Å². The minimum absolute atomic E-state index is 0.0433. The number of aliphatic carboxylic acids is 1. The molecular weight excluding hydrogens is 440 g/mol. The first-order chi connectivity index (χ1) is 15.6. The summed E-state index contributed by atoms with van der Waals surface area (Å²) in [6, 6.07) is 0. The Bertz CT molecular complexity index is 586. The lowest BCUT2D eigenvalue weighted by atomic mass is 10.1. The van der Waals surface area contributed by atoms with Gasteiger partial charge in [0, 0.05) is 11.1 Å². The zero-order valence-electron chi connectivity index (χ0n) is 21.4. The highest BCUT2D eigenvalue weighted by molar-refractivity contribution is 7.80. The van der Waals surface area contributed by atoms with Crippen LogP contribution < -0.4 is 0 Å². The zero-order chi connectivity index (χ0) is 26.1. The molecule has 33 heavy (non-hydrogen) atoms. The van der Waals surface area contributed by atoms with E-state index in [1.807, 2.05) is 0 Å². The average molecular weight is 487 g/mol. The maximum absolute atomic E-state index is 10.9. The maximum atomic E-state index is 10.9. The highest BCUT2D eigenvalue weighted by Gasteiger charge is 2.07. The molecule has 6 nitrogen and oxygen atoms in total. The quantitative estimate of drug-likeness (QED) is 0.0879.